The Morgan fingerprint density at radius 3 is 2.94 bits per heavy atom. The Bertz CT molecular complexity index is 331. The number of rotatable bonds is 3. The first-order chi connectivity index (χ1) is 7.77. The van der Waals surface area contributed by atoms with Crippen LogP contribution in [0, 0.1) is 5.92 Å². The second-order valence-electron chi connectivity index (χ2n) is 4.13. The van der Waals surface area contributed by atoms with Crippen LogP contribution in [0.4, 0.5) is 0 Å². The molecular weight excluding hydrogens is 222 g/mol. The first-order valence-corrected chi connectivity index (χ1v) is 6.57. The number of hydrogen-bond acceptors (Lipinski definition) is 3. The predicted octanol–water partition coefficient (Wildman–Crippen LogP) is 2.35. The number of carbonyl (C=O) groups is 1. The maximum absolute atomic E-state index is 11.9. The molecule has 1 aromatic rings. The molecule has 1 saturated heterocycles. The molecule has 1 aromatic heterocycles. The van der Waals surface area contributed by atoms with Crippen molar-refractivity contribution in [3.8, 4) is 0 Å². The van der Waals surface area contributed by atoms with E-state index in [9.17, 15) is 4.79 Å². The Hall–Kier alpha value is -0.870. The van der Waals surface area contributed by atoms with Crippen molar-refractivity contribution in [1.29, 1.82) is 0 Å². The van der Waals surface area contributed by atoms with Gasteiger partial charge in [0.1, 0.15) is 0 Å². The molecule has 2 rings (SSSR count). The van der Waals surface area contributed by atoms with Crippen LogP contribution >= 0.6 is 11.3 Å². The monoisotopic (exact) mass is 239 g/mol. The van der Waals surface area contributed by atoms with E-state index in [1.807, 2.05) is 18.4 Å². The number of amides is 1. The maximum Gasteiger partial charge on any atom is 0.223 e. The third-order valence-corrected chi connectivity index (χ3v) is 3.98. The zero-order chi connectivity index (χ0) is 11.4. The molecule has 1 aliphatic heterocycles. The minimum Gasteiger partial charge on any atom is -0.381 e. The van der Waals surface area contributed by atoms with Gasteiger partial charge in [-0.2, -0.15) is 0 Å². The van der Waals surface area contributed by atoms with E-state index in [2.05, 4.69) is 11.4 Å². The van der Waals surface area contributed by atoms with Crippen molar-refractivity contribution in [1.82, 2.24) is 5.32 Å². The van der Waals surface area contributed by atoms with Crippen LogP contribution in [0.5, 0.6) is 0 Å². The lowest BCUT2D eigenvalue weighted by Crippen LogP contribution is -2.35. The van der Waals surface area contributed by atoms with E-state index in [0.29, 0.717) is 13.2 Å². The summed E-state index contributed by atoms with van der Waals surface area (Å²) in [7, 11) is 0. The Morgan fingerprint density at radius 1 is 1.56 bits per heavy atom. The van der Waals surface area contributed by atoms with Gasteiger partial charge >= 0.3 is 0 Å². The minimum atomic E-state index is 0.121. The van der Waals surface area contributed by atoms with Gasteiger partial charge in [-0.25, -0.2) is 0 Å². The van der Waals surface area contributed by atoms with E-state index in [1.54, 1.807) is 11.3 Å². The SMILES string of the molecule is CC(NC(=O)C1CCOCC1)c1cccs1. The summed E-state index contributed by atoms with van der Waals surface area (Å²) in [6.07, 6.45) is 1.70. The quantitative estimate of drug-likeness (QED) is 0.879. The van der Waals surface area contributed by atoms with Crippen LogP contribution in [-0.2, 0) is 9.53 Å². The Morgan fingerprint density at radius 2 is 2.31 bits per heavy atom. The highest BCUT2D eigenvalue weighted by Crippen LogP contribution is 2.20. The summed E-state index contributed by atoms with van der Waals surface area (Å²) >= 11 is 1.68. The van der Waals surface area contributed by atoms with Crippen molar-refractivity contribution in [3.05, 3.63) is 22.4 Å². The van der Waals surface area contributed by atoms with Crippen LogP contribution in [0.25, 0.3) is 0 Å². The lowest BCUT2D eigenvalue weighted by Gasteiger charge is -2.23. The van der Waals surface area contributed by atoms with Gasteiger partial charge in [0.2, 0.25) is 5.91 Å². The largest absolute Gasteiger partial charge is 0.381 e. The van der Waals surface area contributed by atoms with Crippen LogP contribution in [-0.4, -0.2) is 19.1 Å². The third-order valence-electron chi connectivity index (χ3n) is 2.92. The van der Waals surface area contributed by atoms with Gasteiger partial charge in [0, 0.05) is 24.0 Å². The molecule has 1 fully saturated rings. The van der Waals surface area contributed by atoms with Crippen LogP contribution in [0.3, 0.4) is 0 Å². The smallest absolute Gasteiger partial charge is 0.223 e. The number of nitrogens with one attached hydrogen (secondary N) is 1. The Labute approximate surface area is 99.8 Å². The summed E-state index contributed by atoms with van der Waals surface area (Å²) in [5.41, 5.74) is 0. The highest BCUT2D eigenvalue weighted by atomic mass is 32.1. The molecule has 1 aliphatic rings. The first-order valence-electron chi connectivity index (χ1n) is 5.69. The van der Waals surface area contributed by atoms with Crippen molar-refractivity contribution in [3.63, 3.8) is 0 Å². The molecule has 0 aromatic carbocycles. The fourth-order valence-electron chi connectivity index (χ4n) is 1.90. The van der Waals surface area contributed by atoms with Crippen molar-refractivity contribution in [2.24, 2.45) is 5.92 Å². The van der Waals surface area contributed by atoms with E-state index in [1.165, 1.54) is 4.88 Å². The van der Waals surface area contributed by atoms with Gasteiger partial charge in [-0.3, -0.25) is 4.79 Å². The lowest BCUT2D eigenvalue weighted by molar-refractivity contribution is -0.128. The Kier molecular flexibility index (Phi) is 3.96. The van der Waals surface area contributed by atoms with Crippen molar-refractivity contribution in [2.45, 2.75) is 25.8 Å². The molecule has 2 heterocycles. The summed E-state index contributed by atoms with van der Waals surface area (Å²) in [5.74, 6) is 0.306. The molecule has 1 unspecified atom stereocenters. The van der Waals surface area contributed by atoms with Gasteiger partial charge < -0.3 is 10.1 Å². The van der Waals surface area contributed by atoms with Crippen LogP contribution < -0.4 is 5.32 Å². The predicted molar refractivity (Wildman–Crippen MR) is 64.4 cm³/mol. The zero-order valence-electron chi connectivity index (χ0n) is 9.44. The first kappa shape index (κ1) is 11.6. The lowest BCUT2D eigenvalue weighted by atomic mass is 9.99. The maximum atomic E-state index is 11.9. The molecule has 88 valence electrons. The molecule has 3 nitrogen and oxygen atoms in total. The molecule has 0 bridgehead atoms. The highest BCUT2D eigenvalue weighted by molar-refractivity contribution is 7.10. The molecule has 0 saturated carbocycles. The van der Waals surface area contributed by atoms with Gasteiger partial charge in [0.15, 0.2) is 0 Å². The van der Waals surface area contributed by atoms with E-state index in [0.717, 1.165) is 12.8 Å². The second-order valence-corrected chi connectivity index (χ2v) is 5.11. The van der Waals surface area contributed by atoms with Gasteiger partial charge in [-0.15, -0.1) is 11.3 Å². The van der Waals surface area contributed by atoms with Crippen LogP contribution in [0.15, 0.2) is 17.5 Å². The fourth-order valence-corrected chi connectivity index (χ4v) is 2.63. The van der Waals surface area contributed by atoms with Gasteiger partial charge in [0.05, 0.1) is 6.04 Å². The summed E-state index contributed by atoms with van der Waals surface area (Å²) in [5, 5.41) is 5.10. The zero-order valence-corrected chi connectivity index (χ0v) is 10.3. The number of thiophene rings is 1. The van der Waals surface area contributed by atoms with Gasteiger partial charge in [-0.1, -0.05) is 6.07 Å². The molecule has 1 amide bonds. The average Bonchev–Trinajstić information content (AvgIpc) is 2.83. The van der Waals surface area contributed by atoms with E-state index >= 15 is 0 Å². The summed E-state index contributed by atoms with van der Waals surface area (Å²) < 4.78 is 5.25. The summed E-state index contributed by atoms with van der Waals surface area (Å²) in [6.45, 7) is 3.46. The Balaban J connectivity index is 1.86. The van der Waals surface area contributed by atoms with Crippen LogP contribution in [0.1, 0.15) is 30.7 Å². The number of hydrogen-bond donors (Lipinski definition) is 1. The van der Waals surface area contributed by atoms with Gasteiger partial charge in [0.25, 0.3) is 0 Å². The molecule has 0 spiro atoms. The molecule has 0 aliphatic carbocycles. The molecule has 0 radical (unpaired) electrons. The van der Waals surface area contributed by atoms with Crippen molar-refractivity contribution in [2.75, 3.05) is 13.2 Å². The van der Waals surface area contributed by atoms with Crippen molar-refractivity contribution >= 4 is 17.2 Å². The molecular formula is C12H17NO2S. The summed E-state index contributed by atoms with van der Waals surface area (Å²) in [6, 6.07) is 4.19. The van der Waals surface area contributed by atoms with Crippen LogP contribution in [0.2, 0.25) is 0 Å². The fraction of sp³-hybridized carbons (Fsp3) is 0.583. The average molecular weight is 239 g/mol. The second kappa shape index (κ2) is 5.46. The topological polar surface area (TPSA) is 38.3 Å². The summed E-state index contributed by atoms with van der Waals surface area (Å²) in [4.78, 5) is 13.2. The number of ether oxygens (including phenoxy) is 1. The highest BCUT2D eigenvalue weighted by Gasteiger charge is 2.22. The molecule has 1 N–H and O–H groups in total. The normalized spacial score (nSPS) is 19.3. The minimum absolute atomic E-state index is 0.121. The van der Waals surface area contributed by atoms with E-state index in [-0.39, 0.29) is 17.9 Å². The van der Waals surface area contributed by atoms with Crippen molar-refractivity contribution < 1.29 is 9.53 Å². The van der Waals surface area contributed by atoms with E-state index < -0.39 is 0 Å². The third kappa shape index (κ3) is 2.83. The molecule has 4 heteroatoms. The van der Waals surface area contributed by atoms with E-state index in [4.69, 9.17) is 4.74 Å². The molecule has 1 atom stereocenters. The molecule has 16 heavy (non-hydrogen) atoms. The van der Waals surface area contributed by atoms with Gasteiger partial charge in [-0.05, 0) is 31.2 Å². The standard InChI is InChI=1S/C12H17NO2S/c1-9(11-3-2-8-16-11)13-12(14)10-4-6-15-7-5-10/h2-3,8-10H,4-7H2,1H3,(H,13,14). The number of carbonyl (C=O) groups excluding carboxylic acids is 1.